The summed E-state index contributed by atoms with van der Waals surface area (Å²) in [4.78, 5) is 41.2. The largest absolute Gasteiger partial charge is 0.417 e. The van der Waals surface area contributed by atoms with Crippen LogP contribution >= 0.6 is 0 Å². The molecular formula is C36H58N4O8Si. The molecule has 2 fully saturated rings. The van der Waals surface area contributed by atoms with E-state index in [9.17, 15) is 14.4 Å². The van der Waals surface area contributed by atoms with E-state index < -0.39 is 50.8 Å². The number of carbonyl (C=O) groups excluding carboxylic acids is 3. The molecular weight excluding hydrogens is 645 g/mol. The number of carbonyl (C=O) groups is 3. The van der Waals surface area contributed by atoms with Crippen LogP contribution in [0.3, 0.4) is 0 Å². The number of benzene rings is 1. The Hall–Kier alpha value is -2.81. The molecule has 0 spiro atoms. The third-order valence-corrected chi connectivity index (χ3v) is 14.3. The van der Waals surface area contributed by atoms with Gasteiger partial charge in [-0.1, -0.05) is 51.8 Å². The molecule has 0 aliphatic carbocycles. The number of hydrogen-bond acceptors (Lipinski definition) is 8. The Morgan fingerprint density at radius 2 is 1.65 bits per heavy atom. The standard InChI is InChI=1S/C36H58N4O8Si/c1-23(41)39-28(20-25-21-37-27-17-13-12-16-26(25)27)33(43)38-22-29-31-32(48-36(6,7)47-31)30(40-24(2)42)34(46-29)44-18-14-10-11-15-19-45-49(8,9)35(3,4)5/h12-13,16-17,21,28-32,34,37H,10-11,14-15,18-20,22H2,1-9H3,(H,38,43)(H,39,41)(H,40,42). The van der Waals surface area contributed by atoms with E-state index >= 15 is 0 Å². The first-order valence-corrected chi connectivity index (χ1v) is 20.5. The zero-order valence-electron chi connectivity index (χ0n) is 30.8. The number of ether oxygens (including phenoxy) is 4. The highest BCUT2D eigenvalue weighted by atomic mass is 28.4. The van der Waals surface area contributed by atoms with E-state index in [0.29, 0.717) is 13.0 Å². The summed E-state index contributed by atoms with van der Waals surface area (Å²) in [5.74, 6) is -1.83. The van der Waals surface area contributed by atoms with Crippen molar-refractivity contribution in [3.05, 3.63) is 36.0 Å². The second-order valence-electron chi connectivity index (χ2n) is 15.3. The molecule has 3 amide bonds. The van der Waals surface area contributed by atoms with Crippen LogP contribution in [-0.2, 0) is 44.2 Å². The van der Waals surface area contributed by atoms with Crippen LogP contribution in [-0.4, -0.2) is 93.3 Å². The van der Waals surface area contributed by atoms with Gasteiger partial charge in [-0.15, -0.1) is 0 Å². The SMILES string of the molecule is CC(=O)NC(Cc1c[nH]c2ccccc12)C(=O)NCC1OC(OCCCCCCO[Si](C)(C)C(C)(C)C)C(NC(C)=O)C2OC(C)(C)OC12. The average molecular weight is 703 g/mol. The molecule has 4 N–H and O–H groups in total. The van der Waals surface area contributed by atoms with Gasteiger partial charge in [-0.3, -0.25) is 14.4 Å². The first kappa shape index (κ1) is 39.0. The van der Waals surface area contributed by atoms with Crippen LogP contribution in [0.15, 0.2) is 30.5 Å². The van der Waals surface area contributed by atoms with Crippen molar-refractivity contribution in [2.24, 2.45) is 0 Å². The molecule has 6 unspecified atom stereocenters. The maximum Gasteiger partial charge on any atom is 0.243 e. The lowest BCUT2D eigenvalue weighted by molar-refractivity contribution is -0.243. The van der Waals surface area contributed by atoms with E-state index in [-0.39, 0.29) is 29.3 Å². The van der Waals surface area contributed by atoms with E-state index in [0.717, 1.165) is 48.8 Å². The Kier molecular flexibility index (Phi) is 13.1. The normalized spacial score (nSPS) is 24.3. The Balaban J connectivity index is 1.37. The lowest BCUT2D eigenvalue weighted by Crippen LogP contribution is -2.64. The Bertz CT molecular complexity index is 1420. The van der Waals surface area contributed by atoms with Crippen LogP contribution in [0, 0.1) is 0 Å². The molecule has 3 heterocycles. The van der Waals surface area contributed by atoms with Gasteiger partial charge in [0.15, 0.2) is 20.4 Å². The van der Waals surface area contributed by atoms with Gasteiger partial charge in [0.25, 0.3) is 0 Å². The molecule has 1 aromatic heterocycles. The monoisotopic (exact) mass is 702 g/mol. The minimum atomic E-state index is -1.75. The summed E-state index contributed by atoms with van der Waals surface area (Å²) in [5, 5.41) is 9.91. The van der Waals surface area contributed by atoms with Gasteiger partial charge in [0.05, 0.1) is 0 Å². The van der Waals surface area contributed by atoms with Gasteiger partial charge in [-0.2, -0.15) is 0 Å². The second-order valence-corrected chi connectivity index (χ2v) is 20.1. The third kappa shape index (κ3) is 10.6. The van der Waals surface area contributed by atoms with Crippen LogP contribution in [0.2, 0.25) is 18.1 Å². The van der Waals surface area contributed by atoms with Gasteiger partial charge in [0, 0.05) is 57.1 Å². The molecule has 13 heteroatoms. The number of para-hydroxylation sites is 1. The van der Waals surface area contributed by atoms with Crippen LogP contribution in [0.5, 0.6) is 0 Å². The van der Waals surface area contributed by atoms with Crippen LogP contribution in [0.4, 0.5) is 0 Å². The number of nitrogens with one attached hydrogen (secondary N) is 4. The second kappa shape index (κ2) is 16.5. The molecule has 4 rings (SSSR count). The van der Waals surface area contributed by atoms with E-state index in [1.54, 1.807) is 0 Å². The Morgan fingerprint density at radius 3 is 2.33 bits per heavy atom. The lowest BCUT2D eigenvalue weighted by Gasteiger charge is -2.42. The fraction of sp³-hybridized carbons (Fsp3) is 0.694. The van der Waals surface area contributed by atoms with Crippen molar-refractivity contribution in [2.75, 3.05) is 19.8 Å². The third-order valence-electron chi connectivity index (χ3n) is 9.72. The topological polar surface area (TPSA) is 149 Å². The molecule has 6 atom stereocenters. The summed E-state index contributed by atoms with van der Waals surface area (Å²) in [5.41, 5.74) is 1.88. The summed E-state index contributed by atoms with van der Waals surface area (Å²) in [6.45, 7) is 19.0. The molecule has 12 nitrogen and oxygen atoms in total. The zero-order chi connectivity index (χ0) is 36.0. The van der Waals surface area contributed by atoms with Crippen LogP contribution in [0.1, 0.15) is 79.7 Å². The van der Waals surface area contributed by atoms with Crippen LogP contribution in [0.25, 0.3) is 10.9 Å². The molecule has 274 valence electrons. The minimum Gasteiger partial charge on any atom is -0.417 e. The maximum absolute atomic E-state index is 13.6. The molecule has 2 aliphatic rings. The van der Waals surface area contributed by atoms with Crippen LogP contribution < -0.4 is 16.0 Å². The molecule has 1 aromatic carbocycles. The van der Waals surface area contributed by atoms with Crippen molar-refractivity contribution in [1.82, 2.24) is 20.9 Å². The van der Waals surface area contributed by atoms with Gasteiger partial charge in [0.1, 0.15) is 30.4 Å². The highest BCUT2D eigenvalue weighted by Gasteiger charge is 2.56. The number of aromatic amines is 1. The van der Waals surface area contributed by atoms with E-state index in [1.165, 1.54) is 13.8 Å². The molecule has 0 radical (unpaired) electrons. The maximum atomic E-state index is 13.6. The van der Waals surface area contributed by atoms with Crippen molar-refractivity contribution in [3.63, 3.8) is 0 Å². The predicted octanol–water partition coefficient (Wildman–Crippen LogP) is 4.68. The van der Waals surface area contributed by atoms with Crippen molar-refractivity contribution in [2.45, 2.75) is 141 Å². The number of hydrogen-bond donors (Lipinski definition) is 4. The van der Waals surface area contributed by atoms with E-state index in [4.69, 9.17) is 23.4 Å². The van der Waals surface area contributed by atoms with Gasteiger partial charge in [-0.25, -0.2) is 0 Å². The first-order valence-electron chi connectivity index (χ1n) is 17.6. The average Bonchev–Trinajstić information content (AvgIpc) is 3.56. The predicted molar refractivity (Wildman–Crippen MR) is 190 cm³/mol. The van der Waals surface area contributed by atoms with Gasteiger partial charge in [-0.05, 0) is 56.5 Å². The Morgan fingerprint density at radius 1 is 0.980 bits per heavy atom. The lowest BCUT2D eigenvalue weighted by atomic mass is 9.96. The van der Waals surface area contributed by atoms with Gasteiger partial charge < -0.3 is 44.3 Å². The van der Waals surface area contributed by atoms with Gasteiger partial charge in [0.2, 0.25) is 17.7 Å². The quantitative estimate of drug-likeness (QED) is 0.146. The highest BCUT2D eigenvalue weighted by Crippen LogP contribution is 2.38. The van der Waals surface area contributed by atoms with E-state index in [1.807, 2.05) is 44.3 Å². The molecule has 49 heavy (non-hydrogen) atoms. The van der Waals surface area contributed by atoms with Crippen molar-refractivity contribution >= 4 is 36.9 Å². The number of H-pyrrole nitrogens is 1. The summed E-state index contributed by atoms with van der Waals surface area (Å²) in [6.07, 6.45) is 3.37. The fourth-order valence-electron chi connectivity index (χ4n) is 6.16. The van der Waals surface area contributed by atoms with Gasteiger partial charge >= 0.3 is 0 Å². The van der Waals surface area contributed by atoms with Crippen molar-refractivity contribution < 1.29 is 37.8 Å². The molecule has 0 bridgehead atoms. The number of unbranched alkanes of at least 4 members (excludes halogenated alkanes) is 3. The van der Waals surface area contributed by atoms with E-state index in [2.05, 4.69) is 54.8 Å². The molecule has 2 saturated heterocycles. The minimum absolute atomic E-state index is 0.0876. The zero-order valence-corrected chi connectivity index (χ0v) is 31.8. The molecule has 2 aliphatic heterocycles. The number of fused-ring (bicyclic) bond motifs is 2. The summed E-state index contributed by atoms with van der Waals surface area (Å²) in [7, 11) is -1.75. The van der Waals surface area contributed by atoms with Crippen molar-refractivity contribution in [1.29, 1.82) is 0 Å². The fourth-order valence-corrected chi connectivity index (χ4v) is 7.25. The molecule has 2 aromatic rings. The Labute approximate surface area is 292 Å². The number of amides is 3. The first-order chi connectivity index (χ1) is 23.0. The highest BCUT2D eigenvalue weighted by molar-refractivity contribution is 6.74. The summed E-state index contributed by atoms with van der Waals surface area (Å²) < 4.78 is 31.5. The van der Waals surface area contributed by atoms with Crippen molar-refractivity contribution in [3.8, 4) is 0 Å². The summed E-state index contributed by atoms with van der Waals surface area (Å²) >= 11 is 0. The smallest absolute Gasteiger partial charge is 0.243 e. The number of rotatable bonds is 16. The molecule has 0 saturated carbocycles. The summed E-state index contributed by atoms with van der Waals surface area (Å²) in [6, 6.07) is 6.41. The number of aromatic nitrogens is 1.